The molecule has 17 heavy (non-hydrogen) atoms. The molecule has 0 atom stereocenters. The van der Waals surface area contributed by atoms with Crippen LogP contribution in [0.5, 0.6) is 0 Å². The molecule has 5 nitrogen and oxygen atoms in total. The summed E-state index contributed by atoms with van der Waals surface area (Å²) in [7, 11) is 3.01. The quantitative estimate of drug-likeness (QED) is 0.339. The van der Waals surface area contributed by atoms with Gasteiger partial charge in [-0.05, 0) is 11.8 Å². The fourth-order valence-electron chi connectivity index (χ4n) is 1.47. The zero-order valence-corrected chi connectivity index (χ0v) is 10.8. The lowest BCUT2D eigenvalue weighted by atomic mass is 10.2. The number of ether oxygens (including phenoxy) is 2. The molecule has 1 aromatic rings. The second kappa shape index (κ2) is 6.58. The Balaban J connectivity index is 3.18. The van der Waals surface area contributed by atoms with Gasteiger partial charge in [-0.25, -0.2) is 0 Å². The molecule has 0 unspecified atom stereocenters. The SMILES string of the molecule is CCSc1ccc([N+](=O)[O-])cc1C(OC)OC. The van der Waals surface area contributed by atoms with Gasteiger partial charge in [0.1, 0.15) is 0 Å². The molecule has 94 valence electrons. The molecule has 0 aromatic heterocycles. The third-order valence-corrected chi connectivity index (χ3v) is 3.16. The highest BCUT2D eigenvalue weighted by molar-refractivity contribution is 7.99. The fourth-order valence-corrected chi connectivity index (χ4v) is 2.27. The van der Waals surface area contributed by atoms with Gasteiger partial charge in [0.2, 0.25) is 0 Å². The van der Waals surface area contributed by atoms with E-state index in [1.807, 2.05) is 6.92 Å². The smallest absolute Gasteiger partial charge is 0.269 e. The number of nitro benzene ring substituents is 1. The Labute approximate surface area is 104 Å². The maximum Gasteiger partial charge on any atom is 0.269 e. The molecule has 0 aliphatic heterocycles. The molecule has 1 rings (SSSR count). The summed E-state index contributed by atoms with van der Waals surface area (Å²) < 4.78 is 10.3. The largest absolute Gasteiger partial charge is 0.352 e. The molecule has 0 N–H and O–H groups in total. The highest BCUT2D eigenvalue weighted by Gasteiger charge is 2.18. The first-order valence-corrected chi connectivity index (χ1v) is 6.09. The average molecular weight is 257 g/mol. The summed E-state index contributed by atoms with van der Waals surface area (Å²) in [6, 6.07) is 4.71. The Morgan fingerprint density at radius 2 is 2.06 bits per heavy atom. The lowest BCUT2D eigenvalue weighted by Crippen LogP contribution is -2.06. The number of methoxy groups -OCH3 is 2. The number of benzene rings is 1. The van der Waals surface area contributed by atoms with Gasteiger partial charge in [0.05, 0.1) is 4.92 Å². The van der Waals surface area contributed by atoms with Gasteiger partial charge >= 0.3 is 0 Å². The summed E-state index contributed by atoms with van der Waals surface area (Å²) >= 11 is 1.60. The van der Waals surface area contributed by atoms with E-state index >= 15 is 0 Å². The van der Waals surface area contributed by atoms with Crippen molar-refractivity contribution in [3.05, 3.63) is 33.9 Å². The van der Waals surface area contributed by atoms with Crippen LogP contribution in [0.25, 0.3) is 0 Å². The molecule has 0 amide bonds. The molecule has 0 bridgehead atoms. The minimum Gasteiger partial charge on any atom is -0.352 e. The number of non-ortho nitro benzene ring substituents is 1. The molecular weight excluding hydrogens is 242 g/mol. The predicted octanol–water partition coefficient (Wildman–Crippen LogP) is 3.00. The van der Waals surface area contributed by atoms with Gasteiger partial charge in [-0.2, -0.15) is 0 Å². The van der Waals surface area contributed by atoms with Crippen molar-refractivity contribution in [2.24, 2.45) is 0 Å². The number of nitrogens with zero attached hydrogens (tertiary/aromatic N) is 1. The number of hydrogen-bond acceptors (Lipinski definition) is 5. The zero-order chi connectivity index (χ0) is 12.8. The molecule has 0 aliphatic rings. The van der Waals surface area contributed by atoms with Gasteiger partial charge in [-0.3, -0.25) is 10.1 Å². The monoisotopic (exact) mass is 257 g/mol. The molecule has 0 spiro atoms. The van der Waals surface area contributed by atoms with Gasteiger partial charge < -0.3 is 9.47 Å². The zero-order valence-electron chi connectivity index (χ0n) is 10.0. The predicted molar refractivity (Wildman–Crippen MR) is 66.3 cm³/mol. The lowest BCUT2D eigenvalue weighted by Gasteiger charge is -2.16. The van der Waals surface area contributed by atoms with Crippen molar-refractivity contribution in [2.75, 3.05) is 20.0 Å². The Morgan fingerprint density at radius 1 is 1.41 bits per heavy atom. The maximum absolute atomic E-state index is 10.7. The molecular formula is C11H15NO4S. The second-order valence-electron chi connectivity index (χ2n) is 3.22. The number of nitro groups is 1. The van der Waals surface area contributed by atoms with Crippen LogP contribution in [0.15, 0.2) is 23.1 Å². The third kappa shape index (κ3) is 3.42. The van der Waals surface area contributed by atoms with Crippen molar-refractivity contribution in [1.82, 2.24) is 0 Å². The van der Waals surface area contributed by atoms with E-state index < -0.39 is 11.2 Å². The van der Waals surface area contributed by atoms with Crippen LogP contribution in [0.1, 0.15) is 18.8 Å². The molecule has 0 radical (unpaired) electrons. The Kier molecular flexibility index (Phi) is 5.40. The summed E-state index contributed by atoms with van der Waals surface area (Å²) in [5, 5.41) is 10.7. The molecule has 0 heterocycles. The van der Waals surface area contributed by atoms with Crippen LogP contribution < -0.4 is 0 Å². The molecule has 1 aromatic carbocycles. The summed E-state index contributed by atoms with van der Waals surface area (Å²) in [5.41, 5.74) is 0.732. The van der Waals surface area contributed by atoms with Crippen molar-refractivity contribution >= 4 is 17.4 Å². The number of thioether (sulfide) groups is 1. The van der Waals surface area contributed by atoms with Crippen molar-refractivity contribution in [3.63, 3.8) is 0 Å². The Hall–Kier alpha value is -1.11. The summed E-state index contributed by atoms with van der Waals surface area (Å²) in [6.45, 7) is 2.02. The van der Waals surface area contributed by atoms with E-state index in [0.717, 1.165) is 10.6 Å². The standard InChI is InChI=1S/C11H15NO4S/c1-4-17-10-6-5-8(12(13)14)7-9(10)11(15-2)16-3/h5-7,11H,4H2,1-3H3. The average Bonchev–Trinajstić information content (AvgIpc) is 2.32. The lowest BCUT2D eigenvalue weighted by molar-refractivity contribution is -0.385. The Bertz CT molecular complexity index is 393. The summed E-state index contributed by atoms with van der Waals surface area (Å²) in [4.78, 5) is 11.3. The van der Waals surface area contributed by atoms with Crippen molar-refractivity contribution in [1.29, 1.82) is 0 Å². The van der Waals surface area contributed by atoms with Crippen LogP contribution in [0.2, 0.25) is 0 Å². The van der Waals surface area contributed by atoms with Gasteiger partial charge in [0.15, 0.2) is 6.29 Å². The van der Waals surface area contributed by atoms with Crippen LogP contribution in [-0.2, 0) is 9.47 Å². The minimum absolute atomic E-state index is 0.0413. The fraction of sp³-hybridized carbons (Fsp3) is 0.455. The third-order valence-electron chi connectivity index (χ3n) is 2.19. The first-order valence-electron chi connectivity index (χ1n) is 5.10. The normalized spacial score (nSPS) is 10.8. The second-order valence-corrected chi connectivity index (χ2v) is 4.52. The number of rotatable bonds is 6. The van der Waals surface area contributed by atoms with Crippen LogP contribution in [0.3, 0.4) is 0 Å². The summed E-state index contributed by atoms with van der Waals surface area (Å²) in [5.74, 6) is 0.880. The van der Waals surface area contributed by atoms with Crippen LogP contribution in [-0.4, -0.2) is 24.9 Å². The van der Waals surface area contributed by atoms with E-state index in [4.69, 9.17) is 9.47 Å². The molecule has 0 fully saturated rings. The van der Waals surface area contributed by atoms with E-state index in [1.165, 1.54) is 26.4 Å². The van der Waals surface area contributed by atoms with E-state index in [1.54, 1.807) is 17.8 Å². The van der Waals surface area contributed by atoms with Crippen LogP contribution in [0.4, 0.5) is 5.69 Å². The first-order chi connectivity index (χ1) is 8.13. The van der Waals surface area contributed by atoms with Crippen LogP contribution >= 0.6 is 11.8 Å². The topological polar surface area (TPSA) is 61.6 Å². The Morgan fingerprint density at radius 3 is 2.53 bits per heavy atom. The van der Waals surface area contributed by atoms with E-state index in [0.29, 0.717) is 5.56 Å². The molecule has 0 saturated carbocycles. The maximum atomic E-state index is 10.7. The first kappa shape index (κ1) is 14.0. The van der Waals surface area contributed by atoms with E-state index in [9.17, 15) is 10.1 Å². The van der Waals surface area contributed by atoms with Crippen molar-refractivity contribution in [3.8, 4) is 0 Å². The summed E-state index contributed by atoms with van der Waals surface area (Å²) in [6.07, 6.45) is -0.580. The van der Waals surface area contributed by atoms with Gasteiger partial charge in [0.25, 0.3) is 5.69 Å². The van der Waals surface area contributed by atoms with Crippen LogP contribution in [0, 0.1) is 10.1 Å². The van der Waals surface area contributed by atoms with Gasteiger partial charge in [0, 0.05) is 36.8 Å². The van der Waals surface area contributed by atoms with Gasteiger partial charge in [-0.1, -0.05) is 6.92 Å². The molecule has 0 aliphatic carbocycles. The molecule has 6 heteroatoms. The van der Waals surface area contributed by atoms with Crippen molar-refractivity contribution < 1.29 is 14.4 Å². The van der Waals surface area contributed by atoms with E-state index in [2.05, 4.69) is 0 Å². The highest BCUT2D eigenvalue weighted by atomic mass is 32.2. The minimum atomic E-state index is -0.580. The highest BCUT2D eigenvalue weighted by Crippen LogP contribution is 2.32. The van der Waals surface area contributed by atoms with Crippen molar-refractivity contribution in [2.45, 2.75) is 18.1 Å². The van der Waals surface area contributed by atoms with Gasteiger partial charge in [-0.15, -0.1) is 11.8 Å². The van der Waals surface area contributed by atoms with E-state index in [-0.39, 0.29) is 5.69 Å². The number of hydrogen-bond donors (Lipinski definition) is 0. The molecule has 0 saturated heterocycles.